The largest absolute Gasteiger partial charge is 0.455 e. The van der Waals surface area contributed by atoms with Crippen molar-refractivity contribution in [3.8, 4) is 5.75 Å². The molecule has 0 bridgehead atoms. The fourth-order valence-corrected chi connectivity index (χ4v) is 2.93. The van der Waals surface area contributed by atoms with Gasteiger partial charge in [-0.25, -0.2) is 9.59 Å². The Balaban J connectivity index is 2.00. The molecular weight excluding hydrogens is 501 g/mol. The molecule has 2 rings (SSSR count). The third-order valence-electron chi connectivity index (χ3n) is 4.14. The van der Waals surface area contributed by atoms with Crippen molar-refractivity contribution >= 4 is 40.6 Å². The van der Waals surface area contributed by atoms with Crippen molar-refractivity contribution < 1.29 is 28.6 Å². The summed E-state index contributed by atoms with van der Waals surface area (Å²) in [6.45, 7) is 3.66. The Labute approximate surface area is 189 Å². The van der Waals surface area contributed by atoms with Gasteiger partial charge in [-0.15, -0.1) is 0 Å². The molecule has 0 aliphatic carbocycles. The Kier molecular flexibility index (Phi) is 9.59. The number of benzene rings is 2. The molecule has 0 aliphatic rings. The molecule has 0 heterocycles. The van der Waals surface area contributed by atoms with E-state index in [0.717, 1.165) is 5.56 Å². The first-order valence-electron chi connectivity index (χ1n) is 9.39. The zero-order valence-corrected chi connectivity index (χ0v) is 19.0. The molecule has 0 radical (unpaired) electrons. The highest BCUT2D eigenvalue weighted by Gasteiger charge is 2.27. The number of rotatable bonds is 9. The fraction of sp³-hybridized carbons (Fsp3) is 0.318. The number of hydrogen-bond acceptors (Lipinski definition) is 6. The van der Waals surface area contributed by atoms with E-state index in [1.807, 2.05) is 52.9 Å². The van der Waals surface area contributed by atoms with Gasteiger partial charge in [0.05, 0.1) is 6.42 Å². The van der Waals surface area contributed by atoms with E-state index in [0.29, 0.717) is 5.56 Å². The zero-order valence-electron chi connectivity index (χ0n) is 16.8. The Hall–Kier alpha value is -2.62. The molecule has 0 spiro atoms. The van der Waals surface area contributed by atoms with E-state index in [2.05, 4.69) is 5.32 Å². The molecule has 2 aromatic carbocycles. The second-order valence-electron chi connectivity index (χ2n) is 6.76. The van der Waals surface area contributed by atoms with Crippen LogP contribution < -0.4 is 10.1 Å². The second-order valence-corrected chi connectivity index (χ2v) is 7.38. The number of para-hydroxylation sites is 1. The molecule has 0 aromatic heterocycles. The van der Waals surface area contributed by atoms with E-state index in [1.54, 1.807) is 38.1 Å². The van der Waals surface area contributed by atoms with Gasteiger partial charge >= 0.3 is 18.0 Å². The first-order chi connectivity index (χ1) is 14.4. The molecule has 0 aliphatic heterocycles. The minimum absolute atomic E-state index is 0.0225. The maximum atomic E-state index is 12.7. The molecule has 0 fully saturated rings. The average molecular weight is 525 g/mol. The molecule has 0 saturated heterocycles. The van der Waals surface area contributed by atoms with Crippen LogP contribution in [0.1, 0.15) is 25.0 Å². The van der Waals surface area contributed by atoms with Gasteiger partial charge in [0.25, 0.3) is 0 Å². The third kappa shape index (κ3) is 7.66. The molecule has 30 heavy (non-hydrogen) atoms. The predicted molar refractivity (Wildman–Crippen MR) is 119 cm³/mol. The van der Waals surface area contributed by atoms with Crippen LogP contribution in [0.4, 0.5) is 4.79 Å². The van der Waals surface area contributed by atoms with E-state index in [-0.39, 0.29) is 29.3 Å². The molecule has 8 heteroatoms. The van der Waals surface area contributed by atoms with Crippen LogP contribution in [0, 0.1) is 5.92 Å². The molecule has 1 N–H and O–H groups in total. The molecule has 1 amide bonds. The lowest BCUT2D eigenvalue weighted by atomic mass is 10.0. The van der Waals surface area contributed by atoms with Crippen LogP contribution in [-0.4, -0.2) is 28.7 Å². The van der Waals surface area contributed by atoms with Gasteiger partial charge in [-0.1, -0.05) is 62.4 Å². The zero-order chi connectivity index (χ0) is 21.9. The predicted octanol–water partition coefficient (Wildman–Crippen LogP) is 4.02. The van der Waals surface area contributed by atoms with Gasteiger partial charge in [0.15, 0.2) is 0 Å². The Morgan fingerprint density at radius 1 is 0.967 bits per heavy atom. The summed E-state index contributed by atoms with van der Waals surface area (Å²) < 4.78 is 15.9. The van der Waals surface area contributed by atoms with Crippen molar-refractivity contribution in [2.45, 2.75) is 32.9 Å². The number of alkyl halides is 1. The lowest BCUT2D eigenvalue weighted by molar-refractivity contribution is -0.141. The molecular formula is C22H24INO6. The smallest absolute Gasteiger partial charge is 0.408 e. The van der Waals surface area contributed by atoms with Crippen molar-refractivity contribution in [2.24, 2.45) is 5.92 Å². The number of ether oxygens (including phenoxy) is 3. The fourth-order valence-electron chi connectivity index (χ4n) is 2.58. The number of nitrogens with one attached hydrogen (secondary N) is 1. The number of carbonyl (C=O) groups excluding carboxylic acids is 3. The van der Waals surface area contributed by atoms with Gasteiger partial charge in [-0.3, -0.25) is 4.79 Å². The number of esters is 2. The first-order valence-corrected chi connectivity index (χ1v) is 10.9. The third-order valence-corrected chi connectivity index (χ3v) is 4.45. The van der Waals surface area contributed by atoms with Crippen LogP contribution >= 0.6 is 22.6 Å². The standard InChI is InChI=1S/C22H24INO6/c1-15(2)20(24-22(27)28-13-16-8-4-3-5-9-16)21(26)30-18-11-7-6-10-17(18)12-19(25)29-14-23/h3-11,15,20H,12-14H2,1-2H3,(H,24,27). The van der Waals surface area contributed by atoms with Crippen LogP contribution in [0.5, 0.6) is 5.75 Å². The lowest BCUT2D eigenvalue weighted by Gasteiger charge is -2.21. The van der Waals surface area contributed by atoms with Crippen LogP contribution in [0.3, 0.4) is 0 Å². The maximum Gasteiger partial charge on any atom is 0.408 e. The number of alkyl carbamates (subject to hydrolysis) is 1. The van der Waals surface area contributed by atoms with Gasteiger partial charge < -0.3 is 19.5 Å². The van der Waals surface area contributed by atoms with E-state index < -0.39 is 24.1 Å². The van der Waals surface area contributed by atoms with Crippen molar-refractivity contribution in [3.05, 3.63) is 65.7 Å². The first kappa shape index (κ1) is 23.7. The summed E-state index contributed by atoms with van der Waals surface area (Å²) in [6, 6.07) is 15.0. The molecule has 7 nitrogen and oxygen atoms in total. The minimum atomic E-state index is -0.914. The van der Waals surface area contributed by atoms with Gasteiger partial charge in [-0.05, 0) is 40.1 Å². The van der Waals surface area contributed by atoms with Crippen LogP contribution in [0.2, 0.25) is 0 Å². The number of halogens is 1. The average Bonchev–Trinajstić information content (AvgIpc) is 2.72. The lowest BCUT2D eigenvalue weighted by Crippen LogP contribution is -2.46. The highest BCUT2D eigenvalue weighted by molar-refractivity contribution is 14.1. The van der Waals surface area contributed by atoms with E-state index >= 15 is 0 Å². The molecule has 2 aromatic rings. The van der Waals surface area contributed by atoms with Crippen molar-refractivity contribution in [1.82, 2.24) is 5.32 Å². The van der Waals surface area contributed by atoms with Gasteiger partial charge in [0.1, 0.15) is 23.0 Å². The summed E-state index contributed by atoms with van der Waals surface area (Å²) in [7, 11) is 0. The Morgan fingerprint density at radius 3 is 2.30 bits per heavy atom. The number of carbonyl (C=O) groups is 3. The molecule has 1 atom stereocenters. The highest BCUT2D eigenvalue weighted by atomic mass is 127. The molecule has 0 saturated carbocycles. The Bertz CT molecular complexity index is 856. The summed E-state index contributed by atoms with van der Waals surface area (Å²) in [5.74, 6) is -1.05. The number of amides is 1. The normalized spacial score (nSPS) is 11.5. The maximum absolute atomic E-state index is 12.7. The quantitative estimate of drug-likeness (QED) is 0.230. The number of hydrogen-bond donors (Lipinski definition) is 1. The summed E-state index contributed by atoms with van der Waals surface area (Å²) in [5, 5.41) is 2.56. The second kappa shape index (κ2) is 12.2. The van der Waals surface area contributed by atoms with Crippen LogP contribution in [0.25, 0.3) is 0 Å². The van der Waals surface area contributed by atoms with Crippen LogP contribution in [0.15, 0.2) is 54.6 Å². The van der Waals surface area contributed by atoms with Gasteiger partial charge in [-0.2, -0.15) is 0 Å². The SMILES string of the molecule is CC(C)C(NC(=O)OCc1ccccc1)C(=O)Oc1ccccc1CC(=O)OCI. The highest BCUT2D eigenvalue weighted by Crippen LogP contribution is 2.20. The summed E-state index contributed by atoms with van der Waals surface area (Å²) >= 11 is 1.93. The Morgan fingerprint density at radius 2 is 1.63 bits per heavy atom. The molecule has 160 valence electrons. The summed E-state index contributed by atoms with van der Waals surface area (Å²) in [6.07, 6.45) is -0.737. The van der Waals surface area contributed by atoms with Crippen molar-refractivity contribution in [1.29, 1.82) is 0 Å². The van der Waals surface area contributed by atoms with E-state index in [1.165, 1.54) is 0 Å². The summed E-state index contributed by atoms with van der Waals surface area (Å²) in [4.78, 5) is 36.7. The topological polar surface area (TPSA) is 90.9 Å². The van der Waals surface area contributed by atoms with Crippen LogP contribution in [-0.2, 0) is 32.1 Å². The van der Waals surface area contributed by atoms with E-state index in [9.17, 15) is 14.4 Å². The van der Waals surface area contributed by atoms with Crippen molar-refractivity contribution in [2.75, 3.05) is 4.61 Å². The van der Waals surface area contributed by atoms with Crippen molar-refractivity contribution in [3.63, 3.8) is 0 Å². The molecule has 1 unspecified atom stereocenters. The van der Waals surface area contributed by atoms with Gasteiger partial charge in [0, 0.05) is 5.56 Å². The van der Waals surface area contributed by atoms with Gasteiger partial charge in [0.2, 0.25) is 0 Å². The minimum Gasteiger partial charge on any atom is -0.455 e. The summed E-state index contributed by atoms with van der Waals surface area (Å²) in [5.41, 5.74) is 1.36. The van der Waals surface area contributed by atoms with E-state index in [4.69, 9.17) is 14.2 Å². The monoisotopic (exact) mass is 525 g/mol.